The molecule has 0 bridgehead atoms. The van der Waals surface area contributed by atoms with Gasteiger partial charge in [0.15, 0.2) is 12.0 Å². The third kappa shape index (κ3) is 0.939. The van der Waals surface area contributed by atoms with Crippen molar-refractivity contribution in [1.82, 2.24) is 0 Å². The zero-order chi connectivity index (χ0) is 7.72. The second-order valence-corrected chi connectivity index (χ2v) is 2.78. The first-order chi connectivity index (χ1) is 4.66. The fourth-order valence-electron chi connectivity index (χ4n) is 1.09. The van der Waals surface area contributed by atoms with Crippen molar-refractivity contribution in [3.05, 3.63) is 11.3 Å². The van der Waals surface area contributed by atoms with Crippen molar-refractivity contribution in [3.8, 4) is 0 Å². The van der Waals surface area contributed by atoms with E-state index in [1.807, 2.05) is 13.8 Å². The van der Waals surface area contributed by atoms with Gasteiger partial charge in [0.25, 0.3) is 0 Å². The van der Waals surface area contributed by atoms with Crippen molar-refractivity contribution in [1.29, 1.82) is 0 Å². The largest absolute Gasteiger partial charge is 0.487 e. The molecule has 0 amide bonds. The lowest BCUT2D eigenvalue weighted by molar-refractivity contribution is -0.108. The molecule has 0 aromatic rings. The van der Waals surface area contributed by atoms with E-state index in [-0.39, 0.29) is 6.10 Å². The highest BCUT2D eigenvalue weighted by molar-refractivity contribution is 5.72. The number of carbonyl (C=O) groups is 1. The molecule has 0 N–H and O–H groups in total. The van der Waals surface area contributed by atoms with Gasteiger partial charge in [0.1, 0.15) is 6.10 Å². The molecule has 1 aliphatic heterocycles. The van der Waals surface area contributed by atoms with Gasteiger partial charge in [-0.05, 0) is 19.4 Å². The van der Waals surface area contributed by atoms with E-state index in [1.165, 1.54) is 0 Å². The number of hydrogen-bond donors (Lipinski definition) is 0. The van der Waals surface area contributed by atoms with E-state index >= 15 is 0 Å². The third-order valence-corrected chi connectivity index (χ3v) is 2.20. The van der Waals surface area contributed by atoms with E-state index in [2.05, 4.69) is 6.92 Å². The number of rotatable bonds is 1. The molecule has 0 spiro atoms. The SMILES string of the molecule is CC1=C(C=O)OC(C)C1C. The van der Waals surface area contributed by atoms with Crippen LogP contribution < -0.4 is 0 Å². The molecule has 0 aromatic heterocycles. The fourth-order valence-corrected chi connectivity index (χ4v) is 1.09. The van der Waals surface area contributed by atoms with Crippen LogP contribution in [0.25, 0.3) is 0 Å². The number of hydrogen-bond acceptors (Lipinski definition) is 2. The zero-order valence-electron chi connectivity index (χ0n) is 6.55. The van der Waals surface area contributed by atoms with E-state index in [1.54, 1.807) is 0 Å². The summed E-state index contributed by atoms with van der Waals surface area (Å²) in [7, 11) is 0. The number of carbonyl (C=O) groups excluding carboxylic acids is 1. The van der Waals surface area contributed by atoms with Gasteiger partial charge in [0.05, 0.1) is 0 Å². The minimum Gasteiger partial charge on any atom is -0.487 e. The minimum absolute atomic E-state index is 0.167. The Kier molecular flexibility index (Phi) is 1.79. The van der Waals surface area contributed by atoms with Crippen molar-refractivity contribution < 1.29 is 9.53 Å². The van der Waals surface area contributed by atoms with Gasteiger partial charge in [0, 0.05) is 5.92 Å². The van der Waals surface area contributed by atoms with Crippen LogP contribution in [0.15, 0.2) is 11.3 Å². The minimum atomic E-state index is 0.167. The van der Waals surface area contributed by atoms with Crippen molar-refractivity contribution in [3.63, 3.8) is 0 Å². The zero-order valence-corrected chi connectivity index (χ0v) is 6.55. The highest BCUT2D eigenvalue weighted by Gasteiger charge is 2.26. The van der Waals surface area contributed by atoms with Gasteiger partial charge in [0.2, 0.25) is 0 Å². The second kappa shape index (κ2) is 2.45. The maximum absolute atomic E-state index is 10.3. The average molecular weight is 140 g/mol. The Morgan fingerprint density at radius 3 is 2.30 bits per heavy atom. The first-order valence-electron chi connectivity index (χ1n) is 3.49. The van der Waals surface area contributed by atoms with Gasteiger partial charge in [-0.3, -0.25) is 4.79 Å². The van der Waals surface area contributed by atoms with Crippen LogP contribution in [0.1, 0.15) is 20.8 Å². The molecule has 0 saturated heterocycles. The molecular weight excluding hydrogens is 128 g/mol. The van der Waals surface area contributed by atoms with Crippen LogP contribution in [0, 0.1) is 5.92 Å². The van der Waals surface area contributed by atoms with Gasteiger partial charge < -0.3 is 4.74 Å². The number of allylic oxidation sites excluding steroid dienone is 1. The Balaban J connectivity index is 2.83. The predicted molar refractivity (Wildman–Crippen MR) is 38.5 cm³/mol. The lowest BCUT2D eigenvalue weighted by Gasteiger charge is -2.08. The number of ether oxygens (including phenoxy) is 1. The van der Waals surface area contributed by atoms with Crippen LogP contribution in [0.3, 0.4) is 0 Å². The van der Waals surface area contributed by atoms with Crippen molar-refractivity contribution in [2.75, 3.05) is 0 Å². The van der Waals surface area contributed by atoms with Gasteiger partial charge in [-0.15, -0.1) is 0 Å². The standard InChI is InChI=1S/C8H12O2/c1-5-6(2)8(4-9)10-7(5)3/h4-5,7H,1-3H3. The van der Waals surface area contributed by atoms with Gasteiger partial charge in [-0.1, -0.05) is 6.92 Å². The van der Waals surface area contributed by atoms with Crippen molar-refractivity contribution in [2.24, 2.45) is 5.92 Å². The molecule has 0 aliphatic carbocycles. The molecule has 56 valence electrons. The van der Waals surface area contributed by atoms with Crippen LogP contribution in [0.2, 0.25) is 0 Å². The highest BCUT2D eigenvalue weighted by Crippen LogP contribution is 2.28. The molecule has 2 unspecified atom stereocenters. The van der Waals surface area contributed by atoms with E-state index < -0.39 is 0 Å². The highest BCUT2D eigenvalue weighted by atomic mass is 16.5. The molecule has 0 saturated carbocycles. The Bertz CT molecular complexity index is 182. The van der Waals surface area contributed by atoms with E-state index in [4.69, 9.17) is 4.74 Å². The molecule has 2 heteroatoms. The molecule has 2 nitrogen and oxygen atoms in total. The number of aldehydes is 1. The smallest absolute Gasteiger partial charge is 0.184 e. The predicted octanol–water partition coefficient (Wildman–Crippen LogP) is 1.51. The summed E-state index contributed by atoms with van der Waals surface area (Å²) >= 11 is 0. The topological polar surface area (TPSA) is 26.3 Å². The van der Waals surface area contributed by atoms with Crippen LogP contribution in [-0.4, -0.2) is 12.4 Å². The van der Waals surface area contributed by atoms with Gasteiger partial charge >= 0.3 is 0 Å². The van der Waals surface area contributed by atoms with Crippen LogP contribution in [-0.2, 0) is 9.53 Å². The molecule has 1 aliphatic rings. The molecule has 0 fully saturated rings. The molecule has 10 heavy (non-hydrogen) atoms. The molecule has 0 aromatic carbocycles. The van der Waals surface area contributed by atoms with E-state index in [0.717, 1.165) is 11.9 Å². The quantitative estimate of drug-likeness (QED) is 0.516. The summed E-state index contributed by atoms with van der Waals surface area (Å²) in [6.07, 6.45) is 0.954. The van der Waals surface area contributed by atoms with Crippen LogP contribution >= 0.6 is 0 Å². The lowest BCUT2D eigenvalue weighted by Crippen LogP contribution is -2.09. The normalized spacial score (nSPS) is 32.3. The van der Waals surface area contributed by atoms with Crippen molar-refractivity contribution >= 4 is 6.29 Å². The lowest BCUT2D eigenvalue weighted by atomic mass is 10.00. The molecule has 0 radical (unpaired) electrons. The summed E-state index contributed by atoms with van der Waals surface area (Å²) in [5.41, 5.74) is 1.07. The first kappa shape index (κ1) is 7.32. The van der Waals surface area contributed by atoms with E-state index in [0.29, 0.717) is 11.7 Å². The van der Waals surface area contributed by atoms with Crippen LogP contribution in [0.5, 0.6) is 0 Å². The van der Waals surface area contributed by atoms with Crippen molar-refractivity contribution in [2.45, 2.75) is 26.9 Å². The Hall–Kier alpha value is -0.790. The summed E-state index contributed by atoms with van der Waals surface area (Å²) in [6, 6.07) is 0. The monoisotopic (exact) mass is 140 g/mol. The Labute approximate surface area is 60.9 Å². The fraction of sp³-hybridized carbons (Fsp3) is 0.625. The summed E-state index contributed by atoms with van der Waals surface area (Å²) < 4.78 is 5.25. The average Bonchev–Trinajstić information content (AvgIpc) is 2.17. The summed E-state index contributed by atoms with van der Waals surface area (Å²) in [6.45, 7) is 5.99. The molecule has 2 atom stereocenters. The maximum Gasteiger partial charge on any atom is 0.184 e. The summed E-state index contributed by atoms with van der Waals surface area (Å²) in [5, 5.41) is 0. The first-order valence-corrected chi connectivity index (χ1v) is 3.49. The van der Waals surface area contributed by atoms with Gasteiger partial charge in [-0.2, -0.15) is 0 Å². The third-order valence-electron chi connectivity index (χ3n) is 2.20. The summed E-state index contributed by atoms with van der Waals surface area (Å²) in [5.74, 6) is 0.917. The van der Waals surface area contributed by atoms with Gasteiger partial charge in [-0.25, -0.2) is 0 Å². The Morgan fingerprint density at radius 1 is 1.50 bits per heavy atom. The maximum atomic E-state index is 10.3. The van der Waals surface area contributed by atoms with Crippen LogP contribution in [0.4, 0.5) is 0 Å². The molecular formula is C8H12O2. The molecule has 1 rings (SSSR count). The summed E-state index contributed by atoms with van der Waals surface area (Å²) in [4.78, 5) is 10.3. The van der Waals surface area contributed by atoms with E-state index in [9.17, 15) is 4.79 Å². The molecule has 1 heterocycles. The Morgan fingerprint density at radius 2 is 2.10 bits per heavy atom. The second-order valence-electron chi connectivity index (χ2n) is 2.78.